The van der Waals surface area contributed by atoms with Gasteiger partial charge >= 0.3 is 0 Å². The minimum atomic E-state index is -0.141. The van der Waals surface area contributed by atoms with E-state index in [0.717, 1.165) is 13.1 Å². The fraction of sp³-hybridized carbons (Fsp3) is 0.550. The molecule has 0 radical (unpaired) electrons. The van der Waals surface area contributed by atoms with Crippen molar-refractivity contribution >= 4 is 5.91 Å². The average molecular weight is 355 g/mol. The molecule has 1 N–H and O–H groups in total. The molecule has 0 saturated carbocycles. The van der Waals surface area contributed by atoms with E-state index in [1.54, 1.807) is 11.0 Å². The van der Waals surface area contributed by atoms with Crippen molar-refractivity contribution in [3.63, 3.8) is 0 Å². The van der Waals surface area contributed by atoms with Crippen molar-refractivity contribution in [2.45, 2.75) is 45.2 Å². The molecule has 6 nitrogen and oxygen atoms in total. The lowest BCUT2D eigenvalue weighted by Gasteiger charge is -2.31. The van der Waals surface area contributed by atoms with E-state index >= 15 is 0 Å². The Bertz CT molecular complexity index is 650. The molecule has 0 spiro atoms. The molecule has 1 fully saturated rings. The maximum absolute atomic E-state index is 12.6. The average Bonchev–Trinajstić information content (AvgIpc) is 3.03. The van der Waals surface area contributed by atoms with Crippen LogP contribution in [0.4, 0.5) is 0 Å². The van der Waals surface area contributed by atoms with Gasteiger partial charge in [0, 0.05) is 6.54 Å². The first-order valence-corrected chi connectivity index (χ1v) is 9.63. The minimum absolute atomic E-state index is 0.0660. The van der Waals surface area contributed by atoms with Crippen molar-refractivity contribution in [3.05, 3.63) is 48.5 Å². The number of nitrogens with zero attached hydrogens (tertiary/aromatic N) is 4. The third kappa shape index (κ3) is 5.14. The summed E-state index contributed by atoms with van der Waals surface area (Å²) in [5, 5.41) is 7.25. The molecule has 2 heterocycles. The van der Waals surface area contributed by atoms with Gasteiger partial charge in [-0.25, -0.2) is 4.98 Å². The summed E-state index contributed by atoms with van der Waals surface area (Å²) in [6, 6.07) is 10.8. The van der Waals surface area contributed by atoms with E-state index in [4.69, 9.17) is 0 Å². The molecule has 1 saturated heterocycles. The van der Waals surface area contributed by atoms with E-state index in [2.05, 4.69) is 44.6 Å². The van der Waals surface area contributed by atoms with Gasteiger partial charge in [0.15, 0.2) is 0 Å². The van der Waals surface area contributed by atoms with E-state index in [-0.39, 0.29) is 17.9 Å². The lowest BCUT2D eigenvalue weighted by atomic mass is 10.0. The Kier molecular flexibility index (Phi) is 6.77. The number of carbonyl (C=O) groups excluding carboxylic acids is 1. The first-order valence-electron chi connectivity index (χ1n) is 9.63. The lowest BCUT2D eigenvalue weighted by Crippen LogP contribution is -2.40. The van der Waals surface area contributed by atoms with Crippen LogP contribution in [0.3, 0.4) is 0 Å². The third-order valence-corrected chi connectivity index (χ3v) is 5.11. The molecule has 2 aromatic rings. The smallest absolute Gasteiger partial charge is 0.224 e. The minimum Gasteiger partial charge on any atom is -0.354 e. The predicted octanol–water partition coefficient (Wildman–Crippen LogP) is 2.65. The molecular weight excluding hydrogens is 326 g/mol. The highest BCUT2D eigenvalue weighted by atomic mass is 16.1. The number of likely N-dealkylation sites (tertiary alicyclic amines) is 1. The van der Waals surface area contributed by atoms with E-state index in [1.165, 1.54) is 37.6 Å². The predicted molar refractivity (Wildman–Crippen MR) is 101 cm³/mol. The van der Waals surface area contributed by atoms with Crippen molar-refractivity contribution in [1.82, 2.24) is 25.0 Å². The molecule has 1 aromatic heterocycles. The number of carbonyl (C=O) groups is 1. The molecule has 0 unspecified atom stereocenters. The van der Waals surface area contributed by atoms with E-state index in [1.807, 2.05) is 13.0 Å². The Morgan fingerprint density at radius 2 is 1.88 bits per heavy atom. The fourth-order valence-corrected chi connectivity index (χ4v) is 3.60. The largest absolute Gasteiger partial charge is 0.354 e. The molecule has 1 aliphatic rings. The molecule has 6 heteroatoms. The van der Waals surface area contributed by atoms with E-state index in [0.29, 0.717) is 13.1 Å². The Labute approximate surface area is 155 Å². The maximum Gasteiger partial charge on any atom is 0.224 e. The summed E-state index contributed by atoms with van der Waals surface area (Å²) in [6.07, 6.45) is 8.22. The second-order valence-electron chi connectivity index (χ2n) is 7.14. The Balaban J connectivity index is 1.62. The van der Waals surface area contributed by atoms with Gasteiger partial charge in [-0.2, -0.15) is 5.10 Å². The highest BCUT2D eigenvalue weighted by molar-refractivity contribution is 5.78. The van der Waals surface area contributed by atoms with Crippen LogP contribution in [-0.4, -0.2) is 45.2 Å². The van der Waals surface area contributed by atoms with Gasteiger partial charge in [0.2, 0.25) is 5.91 Å². The molecule has 3 rings (SSSR count). The maximum atomic E-state index is 12.6. The fourth-order valence-electron chi connectivity index (χ4n) is 3.60. The molecule has 1 amide bonds. The first-order chi connectivity index (χ1) is 12.7. The van der Waals surface area contributed by atoms with Crippen molar-refractivity contribution in [1.29, 1.82) is 0 Å². The number of nitrogens with one attached hydrogen (secondary N) is 1. The summed E-state index contributed by atoms with van der Waals surface area (Å²) in [6.45, 7) is 5.32. The Hall–Kier alpha value is -2.21. The Morgan fingerprint density at radius 1 is 1.15 bits per heavy atom. The second-order valence-corrected chi connectivity index (χ2v) is 7.14. The van der Waals surface area contributed by atoms with Crippen molar-refractivity contribution in [2.24, 2.45) is 5.92 Å². The van der Waals surface area contributed by atoms with Gasteiger partial charge < -0.3 is 5.32 Å². The molecule has 1 aliphatic heterocycles. The number of hydrogen-bond acceptors (Lipinski definition) is 4. The molecule has 2 atom stereocenters. The monoisotopic (exact) mass is 355 g/mol. The van der Waals surface area contributed by atoms with Crippen LogP contribution in [0.2, 0.25) is 0 Å². The molecule has 1 aromatic carbocycles. The number of benzene rings is 1. The topological polar surface area (TPSA) is 63.1 Å². The van der Waals surface area contributed by atoms with Gasteiger partial charge in [-0.3, -0.25) is 14.4 Å². The lowest BCUT2D eigenvalue weighted by molar-refractivity contribution is -0.125. The molecular formula is C20H29N5O. The van der Waals surface area contributed by atoms with Gasteiger partial charge in [-0.1, -0.05) is 50.1 Å². The van der Waals surface area contributed by atoms with Crippen molar-refractivity contribution in [2.75, 3.05) is 19.6 Å². The molecule has 0 aliphatic carbocycles. The van der Waals surface area contributed by atoms with Crippen LogP contribution in [0.5, 0.6) is 0 Å². The number of aromatic nitrogens is 3. The van der Waals surface area contributed by atoms with E-state index in [9.17, 15) is 4.79 Å². The summed E-state index contributed by atoms with van der Waals surface area (Å²) in [5.74, 6) is -0.0755. The SMILES string of the molecule is C[C@H](Cn1cncn1)C(=O)NC[C@@H](c1ccccc1)N1CCCCCC1. The summed E-state index contributed by atoms with van der Waals surface area (Å²) < 4.78 is 1.70. The zero-order chi connectivity index (χ0) is 18.2. The summed E-state index contributed by atoms with van der Waals surface area (Å²) in [7, 11) is 0. The van der Waals surface area contributed by atoms with E-state index < -0.39 is 0 Å². The quantitative estimate of drug-likeness (QED) is 0.829. The van der Waals surface area contributed by atoms with Crippen LogP contribution in [0.15, 0.2) is 43.0 Å². The van der Waals surface area contributed by atoms with Crippen LogP contribution < -0.4 is 5.32 Å². The standard InChI is InChI=1S/C20H29N5O/c1-17(14-25-16-21-15-23-25)20(26)22-13-19(18-9-5-4-6-10-18)24-11-7-2-3-8-12-24/h4-6,9-10,15-17,19H,2-3,7-8,11-14H2,1H3,(H,22,26)/t17-,19+/m1/s1. The number of amides is 1. The molecule has 140 valence electrons. The zero-order valence-electron chi connectivity index (χ0n) is 15.6. The molecule has 26 heavy (non-hydrogen) atoms. The van der Waals surface area contributed by atoms with Gasteiger partial charge in [0.05, 0.1) is 18.5 Å². The highest BCUT2D eigenvalue weighted by Crippen LogP contribution is 2.23. The van der Waals surface area contributed by atoms with Gasteiger partial charge in [0.25, 0.3) is 0 Å². The summed E-state index contributed by atoms with van der Waals surface area (Å²) in [4.78, 5) is 19.0. The normalized spacial score (nSPS) is 18.0. The summed E-state index contributed by atoms with van der Waals surface area (Å²) in [5.41, 5.74) is 1.28. The third-order valence-electron chi connectivity index (χ3n) is 5.11. The highest BCUT2D eigenvalue weighted by Gasteiger charge is 2.23. The summed E-state index contributed by atoms with van der Waals surface area (Å²) >= 11 is 0. The van der Waals surface area contributed by atoms with Crippen LogP contribution in [-0.2, 0) is 11.3 Å². The number of hydrogen-bond donors (Lipinski definition) is 1. The van der Waals surface area contributed by atoms with Gasteiger partial charge in [-0.05, 0) is 31.5 Å². The van der Waals surface area contributed by atoms with Crippen molar-refractivity contribution in [3.8, 4) is 0 Å². The number of rotatable bonds is 7. The van der Waals surface area contributed by atoms with Crippen LogP contribution in [0, 0.1) is 5.92 Å². The molecule has 0 bridgehead atoms. The Morgan fingerprint density at radius 3 is 2.54 bits per heavy atom. The van der Waals surface area contributed by atoms with Crippen LogP contribution in [0.1, 0.15) is 44.2 Å². The first kappa shape index (κ1) is 18.6. The van der Waals surface area contributed by atoms with Crippen LogP contribution in [0.25, 0.3) is 0 Å². The van der Waals surface area contributed by atoms with Crippen LogP contribution >= 0.6 is 0 Å². The van der Waals surface area contributed by atoms with Gasteiger partial charge in [-0.15, -0.1) is 0 Å². The van der Waals surface area contributed by atoms with Gasteiger partial charge in [0.1, 0.15) is 12.7 Å². The second kappa shape index (κ2) is 9.48. The van der Waals surface area contributed by atoms with Crippen molar-refractivity contribution < 1.29 is 4.79 Å². The zero-order valence-corrected chi connectivity index (χ0v) is 15.6.